The van der Waals surface area contributed by atoms with Gasteiger partial charge in [-0.15, -0.1) is 11.3 Å². The maximum atomic E-state index is 12.7. The van der Waals surface area contributed by atoms with Crippen LogP contribution in [0.5, 0.6) is 0 Å². The summed E-state index contributed by atoms with van der Waals surface area (Å²) in [5, 5.41) is 62.4. The number of aromatic nitrogens is 2. The quantitative estimate of drug-likeness (QED) is 0.112. The number of anilines is 1. The van der Waals surface area contributed by atoms with Crippen LogP contribution in [0.2, 0.25) is 0 Å². The molecule has 2 aliphatic heterocycles. The molecule has 1 aliphatic carbocycles. The van der Waals surface area contributed by atoms with Gasteiger partial charge in [-0.1, -0.05) is 0 Å². The minimum atomic E-state index is -5.43. The Bertz CT molecular complexity index is 1440. The number of nitrogen functional groups attached to an aromatic ring is 1. The average molecular weight is 706 g/mol. The molecule has 2 aromatic heterocycles. The van der Waals surface area contributed by atoms with Crippen molar-refractivity contribution in [1.29, 1.82) is 0 Å². The second-order valence-corrected chi connectivity index (χ2v) is 15.8. The van der Waals surface area contributed by atoms with Crippen molar-refractivity contribution in [2.75, 3.05) is 26.1 Å². The monoisotopic (exact) mass is 705 g/mol. The van der Waals surface area contributed by atoms with E-state index < -0.39 is 88.5 Å². The maximum absolute atomic E-state index is 12.7. The van der Waals surface area contributed by atoms with Gasteiger partial charge >= 0.3 is 14.5 Å². The highest BCUT2D eigenvalue weighted by Gasteiger charge is 2.64. The highest BCUT2D eigenvalue weighted by molar-refractivity contribution is 8.08. The van der Waals surface area contributed by atoms with Gasteiger partial charge in [-0.05, 0) is 35.9 Å². The van der Waals surface area contributed by atoms with Gasteiger partial charge < -0.3 is 64.9 Å². The summed E-state index contributed by atoms with van der Waals surface area (Å²) in [5.74, 6) is 0.167. The Hall–Kier alpha value is -0.840. The lowest BCUT2D eigenvalue weighted by Crippen LogP contribution is -2.61. The molecule has 2 aromatic rings. The van der Waals surface area contributed by atoms with Crippen LogP contribution in [0.3, 0.4) is 0 Å². The van der Waals surface area contributed by atoms with Crippen molar-refractivity contribution >= 4 is 53.7 Å². The molecule has 0 bridgehead atoms. The Balaban J connectivity index is 1.28. The third-order valence-corrected chi connectivity index (χ3v) is 12.3. The fourth-order valence-electron chi connectivity index (χ4n) is 5.56. The number of hydrogen-bond donors (Lipinski definition) is 9. The Morgan fingerprint density at radius 3 is 2.52 bits per heavy atom. The summed E-state index contributed by atoms with van der Waals surface area (Å²) in [5.41, 5.74) is 5.85. The molecule has 3 aliphatic rings. The SMILES string of the molecule is CO[C@]1(C2CC2)[C@H](O)[C@@H](COP(O)(=S)OP(=O)(O)OC2OC([C@@H](O)CO)C(O)C(O)C2O)O[C@H]1c1csc2c(N)ncnc12. The zero-order valence-corrected chi connectivity index (χ0v) is 26.3. The first kappa shape index (κ1) is 34.5. The van der Waals surface area contributed by atoms with E-state index in [1.54, 1.807) is 5.38 Å². The molecule has 7 unspecified atom stereocenters. The molecule has 18 nitrogen and oxygen atoms in total. The molecule has 0 aromatic carbocycles. The molecule has 3 fully saturated rings. The zero-order chi connectivity index (χ0) is 32.2. The first-order chi connectivity index (χ1) is 20.7. The second kappa shape index (κ2) is 13.0. The van der Waals surface area contributed by atoms with Gasteiger partial charge in [0.15, 0.2) is 6.29 Å². The molecule has 22 heteroatoms. The van der Waals surface area contributed by atoms with Crippen LogP contribution in [0.25, 0.3) is 10.2 Å². The topological polar surface area (TPSA) is 286 Å². The van der Waals surface area contributed by atoms with Crippen molar-refractivity contribution in [3.05, 3.63) is 17.3 Å². The minimum absolute atomic E-state index is 0.102. The fraction of sp³-hybridized carbons (Fsp3) is 0.727. The third-order valence-electron chi connectivity index (χ3n) is 7.81. The lowest BCUT2D eigenvalue weighted by Gasteiger charge is -2.41. The van der Waals surface area contributed by atoms with E-state index in [1.165, 1.54) is 24.8 Å². The number of aliphatic hydroxyl groups excluding tert-OH is 6. The molecule has 0 amide bonds. The van der Waals surface area contributed by atoms with Crippen molar-refractivity contribution in [3.63, 3.8) is 0 Å². The minimum Gasteiger partial charge on any atom is -0.394 e. The first-order valence-electron chi connectivity index (χ1n) is 13.2. The summed E-state index contributed by atoms with van der Waals surface area (Å²) in [7, 11) is -4.00. The largest absolute Gasteiger partial charge is 0.481 e. The average Bonchev–Trinajstić information content (AvgIpc) is 3.66. The number of phosphoric ester groups is 1. The maximum Gasteiger partial charge on any atom is 0.481 e. The summed E-state index contributed by atoms with van der Waals surface area (Å²) in [4.78, 5) is 29.2. The number of hydrogen-bond acceptors (Lipinski definition) is 18. The number of fused-ring (bicyclic) bond motifs is 1. The number of thiophene rings is 1. The predicted octanol–water partition coefficient (Wildman–Crippen LogP) is -1.60. The molecule has 12 atom stereocenters. The summed E-state index contributed by atoms with van der Waals surface area (Å²) >= 11 is 6.16. The van der Waals surface area contributed by atoms with Gasteiger partial charge in [-0.25, -0.2) is 18.8 Å². The molecule has 2 saturated heterocycles. The fourth-order valence-corrected chi connectivity index (χ4v) is 9.60. The van der Waals surface area contributed by atoms with Crippen molar-refractivity contribution in [2.45, 2.75) is 73.6 Å². The number of nitrogens with two attached hydrogens (primary N) is 1. The van der Waals surface area contributed by atoms with Crippen LogP contribution < -0.4 is 5.73 Å². The molecule has 4 heterocycles. The molecule has 248 valence electrons. The molecule has 0 radical (unpaired) electrons. The van der Waals surface area contributed by atoms with E-state index in [1.807, 2.05) is 0 Å². The van der Waals surface area contributed by atoms with E-state index in [9.17, 15) is 39.9 Å². The van der Waals surface area contributed by atoms with E-state index in [-0.39, 0.29) is 11.7 Å². The summed E-state index contributed by atoms with van der Waals surface area (Å²) in [6, 6.07) is 0. The van der Waals surface area contributed by atoms with Gasteiger partial charge in [0.2, 0.25) is 0 Å². The smallest absolute Gasteiger partial charge is 0.394 e. The van der Waals surface area contributed by atoms with Crippen molar-refractivity contribution < 1.29 is 72.6 Å². The summed E-state index contributed by atoms with van der Waals surface area (Å²) < 4.78 is 45.1. The van der Waals surface area contributed by atoms with Crippen LogP contribution in [0, 0.1) is 5.92 Å². The number of phosphoric acid groups is 1. The van der Waals surface area contributed by atoms with Crippen molar-refractivity contribution in [2.24, 2.45) is 5.92 Å². The number of rotatable bonds is 12. The van der Waals surface area contributed by atoms with Crippen LogP contribution in [0.15, 0.2) is 11.7 Å². The molecule has 5 rings (SSSR count). The lowest BCUT2D eigenvalue weighted by molar-refractivity contribution is -0.292. The highest BCUT2D eigenvalue weighted by atomic mass is 32.5. The summed E-state index contributed by atoms with van der Waals surface area (Å²) in [6.45, 7) is -6.20. The van der Waals surface area contributed by atoms with Gasteiger partial charge in [0.05, 0.1) is 23.4 Å². The van der Waals surface area contributed by atoms with Gasteiger partial charge in [-0.3, -0.25) is 4.52 Å². The normalized spacial score (nSPS) is 37.9. The van der Waals surface area contributed by atoms with E-state index in [4.69, 9.17) is 45.9 Å². The van der Waals surface area contributed by atoms with Crippen LogP contribution >= 0.6 is 25.9 Å². The highest BCUT2D eigenvalue weighted by Crippen LogP contribution is 2.63. The third kappa shape index (κ3) is 6.49. The van der Waals surface area contributed by atoms with Gasteiger partial charge in [0, 0.05) is 12.7 Å². The van der Waals surface area contributed by atoms with Crippen molar-refractivity contribution in [1.82, 2.24) is 9.97 Å². The van der Waals surface area contributed by atoms with E-state index in [2.05, 4.69) is 14.3 Å². The standard InChI is InChI=1S/C22H33N3O15P2S2/c1-35-22(8-2-3-8)18(31)11(37-19(22)9-6-44-17-12(9)24-7-25-20(17)23)5-36-42(34,43)40-41(32,33)39-21-15(30)13(28)14(29)16(38-21)10(27)4-26/h6-8,10-11,13-16,18-19,21,26-31H,2-5H2,1H3,(H,32,33)(H,34,43)(H2,23,24,25)/t10-,11+,13?,14?,15?,16?,18+,19-,21?,22+,42?/m0/s1. The molecule has 44 heavy (non-hydrogen) atoms. The van der Waals surface area contributed by atoms with Gasteiger partial charge in [0.1, 0.15) is 66.6 Å². The number of nitrogens with zero attached hydrogens (tertiary/aromatic N) is 2. The number of aliphatic hydroxyl groups is 6. The first-order valence-corrected chi connectivity index (χ1v) is 18.2. The van der Waals surface area contributed by atoms with Gasteiger partial charge in [0.25, 0.3) is 0 Å². The Morgan fingerprint density at radius 1 is 1.18 bits per heavy atom. The van der Waals surface area contributed by atoms with Gasteiger partial charge in [-0.2, -0.15) is 0 Å². The molecule has 0 spiro atoms. The Labute approximate surface area is 258 Å². The van der Waals surface area contributed by atoms with Crippen LogP contribution in [0.1, 0.15) is 24.5 Å². The van der Waals surface area contributed by atoms with E-state index in [0.717, 1.165) is 12.8 Å². The van der Waals surface area contributed by atoms with Crippen LogP contribution in [-0.4, -0.2) is 125 Å². The number of ether oxygens (including phenoxy) is 3. The molecule has 1 saturated carbocycles. The molecular weight excluding hydrogens is 672 g/mol. The number of methoxy groups -OCH3 is 1. The second-order valence-electron chi connectivity index (χ2n) is 10.6. The lowest BCUT2D eigenvalue weighted by atomic mass is 9.82. The van der Waals surface area contributed by atoms with E-state index in [0.29, 0.717) is 15.8 Å². The van der Waals surface area contributed by atoms with Crippen LogP contribution in [-0.2, 0) is 43.9 Å². The Kier molecular flexibility index (Phi) is 10.2. The Morgan fingerprint density at radius 2 is 1.89 bits per heavy atom. The predicted molar refractivity (Wildman–Crippen MR) is 152 cm³/mol. The molecule has 10 N–H and O–H groups in total. The van der Waals surface area contributed by atoms with Crippen molar-refractivity contribution in [3.8, 4) is 0 Å². The zero-order valence-electron chi connectivity index (χ0n) is 22.9. The van der Waals surface area contributed by atoms with Crippen LogP contribution in [0.4, 0.5) is 5.82 Å². The molecular formula is C22H33N3O15P2S2. The summed E-state index contributed by atoms with van der Waals surface area (Å²) in [6.07, 6.45) is -12.3. The van der Waals surface area contributed by atoms with E-state index >= 15 is 0 Å².